The van der Waals surface area contributed by atoms with Gasteiger partial charge in [-0.2, -0.15) is 0 Å². The van der Waals surface area contributed by atoms with Gasteiger partial charge in [-0.25, -0.2) is 0 Å². The maximum atomic E-state index is 11.5. The predicted molar refractivity (Wildman–Crippen MR) is 56.8 cm³/mol. The van der Waals surface area contributed by atoms with Crippen molar-refractivity contribution in [2.75, 3.05) is 0 Å². The molecule has 3 nitrogen and oxygen atoms in total. The highest BCUT2D eigenvalue weighted by molar-refractivity contribution is 9.10. The van der Waals surface area contributed by atoms with E-state index in [4.69, 9.17) is 4.74 Å². The maximum absolute atomic E-state index is 11.5. The Kier molecular flexibility index (Phi) is 2.03. The van der Waals surface area contributed by atoms with Crippen molar-refractivity contribution in [2.45, 2.75) is 19.4 Å². The van der Waals surface area contributed by atoms with E-state index in [0.717, 1.165) is 14.8 Å². The highest BCUT2D eigenvalue weighted by Crippen LogP contribution is 2.28. The Hall–Kier alpha value is -1.03. The molecule has 2 rings (SSSR count). The summed E-state index contributed by atoms with van der Waals surface area (Å²) in [5, 5.41) is 11.5. The van der Waals surface area contributed by atoms with Crippen LogP contribution in [0.1, 0.15) is 19.4 Å². The van der Waals surface area contributed by atoms with Gasteiger partial charge in [-0.1, -0.05) is 0 Å². The summed E-state index contributed by atoms with van der Waals surface area (Å²) in [6.45, 7) is 3.82. The third-order valence-electron chi connectivity index (χ3n) is 2.01. The number of rotatable bonds is 0. The largest absolute Gasteiger partial charge is 0.616 e. The Morgan fingerprint density at radius 3 is 2.93 bits per heavy atom. The molecule has 0 bridgehead atoms. The predicted octanol–water partition coefficient (Wildman–Crippen LogP) is 2.27. The van der Waals surface area contributed by atoms with E-state index in [1.165, 1.54) is 6.20 Å². The van der Waals surface area contributed by atoms with Gasteiger partial charge in [-0.15, -0.1) is 4.73 Å². The molecule has 0 amide bonds. The van der Waals surface area contributed by atoms with Crippen molar-refractivity contribution >= 4 is 22.0 Å². The highest BCUT2D eigenvalue weighted by Gasteiger charge is 2.27. The van der Waals surface area contributed by atoms with Crippen LogP contribution in [0, 0.1) is 5.21 Å². The lowest BCUT2D eigenvalue weighted by Gasteiger charge is -2.25. The molecule has 14 heavy (non-hydrogen) atoms. The molecule has 0 saturated heterocycles. The molecule has 0 aromatic carbocycles. The third-order valence-corrected chi connectivity index (χ3v) is 2.44. The van der Waals surface area contributed by atoms with E-state index in [1.54, 1.807) is 0 Å². The lowest BCUT2D eigenvalue weighted by atomic mass is 10.0. The first kappa shape index (κ1) is 9.52. The second-order valence-corrected chi connectivity index (χ2v) is 4.70. The number of ether oxygens (including phenoxy) is 1. The Morgan fingerprint density at radius 2 is 2.21 bits per heavy atom. The molecule has 0 aliphatic carbocycles. The monoisotopic (exact) mass is 255 g/mol. The summed E-state index contributed by atoms with van der Waals surface area (Å²) >= 11 is 3.26. The molecule has 0 fully saturated rings. The lowest BCUT2D eigenvalue weighted by molar-refractivity contribution is -0.615. The zero-order valence-electron chi connectivity index (χ0n) is 7.95. The fourth-order valence-corrected chi connectivity index (χ4v) is 1.77. The summed E-state index contributed by atoms with van der Waals surface area (Å²) in [6, 6.07) is 1.86. The van der Waals surface area contributed by atoms with Crippen molar-refractivity contribution in [2.24, 2.45) is 0 Å². The molecule has 2 heterocycles. The van der Waals surface area contributed by atoms with Gasteiger partial charge in [0.15, 0.2) is 6.20 Å². The topological polar surface area (TPSA) is 36.2 Å². The molecule has 1 aromatic heterocycles. The third kappa shape index (κ3) is 1.62. The van der Waals surface area contributed by atoms with E-state index in [1.807, 2.05) is 32.1 Å². The van der Waals surface area contributed by atoms with Gasteiger partial charge in [0.1, 0.15) is 5.60 Å². The number of pyridine rings is 1. The summed E-state index contributed by atoms with van der Waals surface area (Å²) in [7, 11) is 0. The summed E-state index contributed by atoms with van der Waals surface area (Å²) in [5.41, 5.74) is 0.390. The van der Waals surface area contributed by atoms with Crippen LogP contribution in [0.25, 0.3) is 6.08 Å². The molecule has 0 saturated carbocycles. The standard InChI is InChI=1S/C10H10BrNO2/c1-10(2)4-3-7-5-8(11)6-12(13)9(7)14-10/h3-6H,1-2H3. The second-order valence-electron chi connectivity index (χ2n) is 3.78. The average Bonchev–Trinajstić information content (AvgIpc) is 2.06. The van der Waals surface area contributed by atoms with Gasteiger partial charge in [0.25, 0.3) is 0 Å². The van der Waals surface area contributed by atoms with Crippen molar-refractivity contribution in [3.8, 4) is 5.88 Å². The van der Waals surface area contributed by atoms with Gasteiger partial charge in [-0.3, -0.25) is 0 Å². The zero-order valence-corrected chi connectivity index (χ0v) is 9.54. The number of halogens is 1. The van der Waals surface area contributed by atoms with Crippen LogP contribution < -0.4 is 9.47 Å². The van der Waals surface area contributed by atoms with E-state index >= 15 is 0 Å². The molecule has 0 spiro atoms. The summed E-state index contributed by atoms with van der Waals surface area (Å²) in [4.78, 5) is 0. The fourth-order valence-electron chi connectivity index (χ4n) is 1.34. The van der Waals surface area contributed by atoms with Crippen LogP contribution in [0.15, 0.2) is 22.8 Å². The van der Waals surface area contributed by atoms with Gasteiger partial charge in [0.05, 0.1) is 10.0 Å². The minimum atomic E-state index is -0.410. The van der Waals surface area contributed by atoms with E-state index in [9.17, 15) is 5.21 Å². The molecular weight excluding hydrogens is 246 g/mol. The molecule has 1 aromatic rings. The summed E-state index contributed by atoms with van der Waals surface area (Å²) in [5.74, 6) is 0.362. The first-order valence-electron chi connectivity index (χ1n) is 4.29. The summed E-state index contributed by atoms with van der Waals surface area (Å²) in [6.07, 6.45) is 5.27. The van der Waals surface area contributed by atoms with Gasteiger partial charge in [-0.05, 0) is 48.0 Å². The molecule has 0 N–H and O–H groups in total. The van der Waals surface area contributed by atoms with Crippen molar-refractivity contribution in [3.05, 3.63) is 33.6 Å². The zero-order chi connectivity index (χ0) is 10.3. The van der Waals surface area contributed by atoms with Crippen LogP contribution in [0.5, 0.6) is 5.88 Å². The Bertz CT molecular complexity index is 413. The molecule has 0 unspecified atom stereocenters. The number of aromatic nitrogens is 1. The van der Waals surface area contributed by atoms with Gasteiger partial charge in [0.2, 0.25) is 0 Å². The van der Waals surface area contributed by atoms with Gasteiger partial charge in [0, 0.05) is 0 Å². The number of fused-ring (bicyclic) bond motifs is 1. The number of hydrogen-bond acceptors (Lipinski definition) is 2. The van der Waals surface area contributed by atoms with Crippen LogP contribution >= 0.6 is 15.9 Å². The second kappa shape index (κ2) is 2.98. The Labute approximate surface area is 90.7 Å². The smallest absolute Gasteiger partial charge is 0.387 e. The molecule has 4 heteroatoms. The van der Waals surface area contributed by atoms with E-state index in [0.29, 0.717) is 5.88 Å². The lowest BCUT2D eigenvalue weighted by Crippen LogP contribution is -2.37. The molecule has 74 valence electrons. The normalized spacial score (nSPS) is 17.4. The van der Waals surface area contributed by atoms with Crippen LogP contribution in [0.4, 0.5) is 0 Å². The molecule has 0 radical (unpaired) electrons. The molecular formula is C10H10BrNO2. The SMILES string of the molecule is CC1(C)C=Cc2cc(Br)c[n+]([O-])c2O1. The highest BCUT2D eigenvalue weighted by atomic mass is 79.9. The van der Waals surface area contributed by atoms with E-state index < -0.39 is 5.60 Å². The van der Waals surface area contributed by atoms with Crippen molar-refractivity contribution < 1.29 is 9.47 Å². The van der Waals surface area contributed by atoms with Gasteiger partial charge >= 0.3 is 5.88 Å². The Morgan fingerprint density at radius 1 is 1.50 bits per heavy atom. The van der Waals surface area contributed by atoms with Crippen LogP contribution in [0.3, 0.4) is 0 Å². The van der Waals surface area contributed by atoms with Crippen molar-refractivity contribution in [3.63, 3.8) is 0 Å². The van der Waals surface area contributed by atoms with Crippen molar-refractivity contribution in [1.82, 2.24) is 0 Å². The molecule has 1 aliphatic rings. The molecule has 1 aliphatic heterocycles. The maximum Gasteiger partial charge on any atom is 0.387 e. The first-order valence-corrected chi connectivity index (χ1v) is 5.08. The molecule has 0 atom stereocenters. The van der Waals surface area contributed by atoms with E-state index in [2.05, 4.69) is 15.9 Å². The number of nitrogens with zero attached hydrogens (tertiary/aromatic N) is 1. The van der Waals surface area contributed by atoms with Crippen LogP contribution in [-0.4, -0.2) is 5.60 Å². The summed E-state index contributed by atoms with van der Waals surface area (Å²) < 4.78 is 7.04. The van der Waals surface area contributed by atoms with Gasteiger partial charge < -0.3 is 9.94 Å². The minimum absolute atomic E-state index is 0.362. The van der Waals surface area contributed by atoms with Crippen LogP contribution in [0.2, 0.25) is 0 Å². The first-order chi connectivity index (χ1) is 6.48. The quantitative estimate of drug-likeness (QED) is 0.527. The number of hydrogen-bond donors (Lipinski definition) is 0. The van der Waals surface area contributed by atoms with Crippen LogP contribution in [-0.2, 0) is 0 Å². The minimum Gasteiger partial charge on any atom is -0.616 e. The Balaban J connectivity index is 2.56. The van der Waals surface area contributed by atoms with Crippen molar-refractivity contribution in [1.29, 1.82) is 0 Å². The van der Waals surface area contributed by atoms with E-state index in [-0.39, 0.29) is 0 Å². The fraction of sp³-hybridized carbons (Fsp3) is 0.300. The average molecular weight is 256 g/mol.